The lowest BCUT2D eigenvalue weighted by molar-refractivity contribution is 0.0841. The topological polar surface area (TPSA) is 124 Å². The molecule has 11 nitrogen and oxygen atoms in total. The number of carbonyl (C=O) groups is 3. The number of nitrogens with zero attached hydrogens (tertiary/aromatic N) is 6. The van der Waals surface area contributed by atoms with Gasteiger partial charge in [0, 0.05) is 63.0 Å². The van der Waals surface area contributed by atoms with Crippen LogP contribution in [0.25, 0.3) is 0 Å². The van der Waals surface area contributed by atoms with Gasteiger partial charge in [-0.15, -0.1) is 11.3 Å². The highest BCUT2D eigenvalue weighted by atomic mass is 32.1. The average molecular weight is 521 g/mol. The molecular weight excluding hydrogens is 492 g/mol. The highest BCUT2D eigenvalue weighted by molar-refractivity contribution is 7.09. The molecule has 5 heterocycles. The maximum atomic E-state index is 13.1. The third-order valence-corrected chi connectivity index (χ3v) is 7.59. The second-order valence-corrected chi connectivity index (χ2v) is 9.79. The maximum absolute atomic E-state index is 13.1. The Labute approximate surface area is 218 Å². The highest BCUT2D eigenvalue weighted by Gasteiger charge is 2.30. The Morgan fingerprint density at radius 2 is 1.43 bits per heavy atom. The predicted octanol–water partition coefficient (Wildman–Crippen LogP) is 2.13. The lowest BCUT2D eigenvalue weighted by Gasteiger charge is -2.39. The van der Waals surface area contributed by atoms with Gasteiger partial charge in [0.15, 0.2) is 0 Å². The van der Waals surface area contributed by atoms with Gasteiger partial charge in [0.2, 0.25) is 0 Å². The van der Waals surface area contributed by atoms with Crippen molar-refractivity contribution >= 4 is 35.0 Å². The fourth-order valence-corrected chi connectivity index (χ4v) is 5.47. The average Bonchev–Trinajstić information content (AvgIpc) is 3.47. The lowest BCUT2D eigenvalue weighted by atomic mass is 9.98. The number of aromatic nitrogens is 3. The number of hydrazine groups is 1. The highest BCUT2D eigenvalue weighted by Crippen LogP contribution is 2.31. The summed E-state index contributed by atoms with van der Waals surface area (Å²) in [4.78, 5) is 56.5. The van der Waals surface area contributed by atoms with Gasteiger partial charge < -0.3 is 14.7 Å². The van der Waals surface area contributed by atoms with Crippen molar-refractivity contribution in [2.24, 2.45) is 0 Å². The molecule has 3 aromatic rings. The molecule has 37 heavy (non-hydrogen) atoms. The molecule has 0 radical (unpaired) electrons. The summed E-state index contributed by atoms with van der Waals surface area (Å²) < 4.78 is 0. The van der Waals surface area contributed by atoms with Gasteiger partial charge in [-0.05, 0) is 37.1 Å². The second kappa shape index (κ2) is 11.3. The van der Waals surface area contributed by atoms with E-state index in [0.29, 0.717) is 26.2 Å². The fourth-order valence-electron chi connectivity index (χ4n) is 4.50. The van der Waals surface area contributed by atoms with Crippen molar-refractivity contribution in [3.63, 3.8) is 0 Å². The molecular formula is C25H28N8O3S. The Morgan fingerprint density at radius 1 is 0.784 bits per heavy atom. The first-order valence-electron chi connectivity index (χ1n) is 12.3. The molecule has 0 unspecified atom stereocenters. The van der Waals surface area contributed by atoms with Gasteiger partial charge in [-0.2, -0.15) is 0 Å². The number of nitrogens with one attached hydrogen (secondary N) is 2. The van der Waals surface area contributed by atoms with Crippen LogP contribution in [0.15, 0.2) is 54.2 Å². The molecule has 2 saturated heterocycles. The maximum Gasteiger partial charge on any atom is 0.320 e. The summed E-state index contributed by atoms with van der Waals surface area (Å²) >= 11 is 1.43. The van der Waals surface area contributed by atoms with Crippen LogP contribution in [-0.2, 0) is 0 Å². The van der Waals surface area contributed by atoms with E-state index < -0.39 is 11.8 Å². The van der Waals surface area contributed by atoms with Crippen molar-refractivity contribution in [3.05, 3.63) is 70.6 Å². The molecule has 3 aromatic heterocycles. The molecule has 192 valence electrons. The van der Waals surface area contributed by atoms with Crippen LogP contribution in [0.5, 0.6) is 0 Å². The molecule has 2 aliphatic rings. The first-order valence-corrected chi connectivity index (χ1v) is 13.1. The summed E-state index contributed by atoms with van der Waals surface area (Å²) in [5, 5.41) is 2.56. The lowest BCUT2D eigenvalue weighted by Crippen LogP contribution is -2.54. The summed E-state index contributed by atoms with van der Waals surface area (Å²) in [5.41, 5.74) is 5.20. The SMILES string of the molecule is O=C(NNC(=O)c1csc(C2CCN(C(=O)N3CCN(c4ccccn4)CC3)CC2)n1)c1ccccn1. The van der Waals surface area contributed by atoms with E-state index in [2.05, 4.69) is 30.7 Å². The molecule has 12 heteroatoms. The number of urea groups is 1. The minimum Gasteiger partial charge on any atom is -0.353 e. The zero-order valence-electron chi connectivity index (χ0n) is 20.2. The van der Waals surface area contributed by atoms with E-state index >= 15 is 0 Å². The molecule has 0 spiro atoms. The van der Waals surface area contributed by atoms with Gasteiger partial charge in [0.1, 0.15) is 17.2 Å². The minimum absolute atomic E-state index is 0.0852. The number of hydrogen-bond donors (Lipinski definition) is 2. The standard InChI is InChI=1S/C25H28N8O3S/c34-22(19-5-1-3-9-26-19)29-30-23(35)20-17-37-24(28-20)18-7-11-32(12-8-18)25(36)33-15-13-31(14-16-33)21-6-2-4-10-27-21/h1-6,9-10,17-18H,7-8,11-16H2,(H,29,34)(H,30,35). The molecule has 0 saturated carbocycles. The third-order valence-electron chi connectivity index (χ3n) is 6.58. The largest absolute Gasteiger partial charge is 0.353 e. The van der Waals surface area contributed by atoms with Crippen LogP contribution in [0.4, 0.5) is 10.6 Å². The summed E-state index contributed by atoms with van der Waals surface area (Å²) in [5.74, 6) is 0.158. The quantitative estimate of drug-likeness (QED) is 0.505. The molecule has 0 aliphatic carbocycles. The first-order chi connectivity index (χ1) is 18.1. The smallest absolute Gasteiger partial charge is 0.320 e. The fraction of sp³-hybridized carbons (Fsp3) is 0.360. The van der Waals surface area contributed by atoms with Gasteiger partial charge in [-0.3, -0.25) is 25.4 Å². The Balaban J connectivity index is 1.07. The molecule has 2 fully saturated rings. The van der Waals surface area contributed by atoms with E-state index in [-0.39, 0.29) is 23.3 Å². The number of rotatable bonds is 4. The summed E-state index contributed by atoms with van der Waals surface area (Å²) in [6, 6.07) is 10.9. The number of piperazine rings is 1. The Morgan fingerprint density at radius 3 is 2.08 bits per heavy atom. The Bertz CT molecular complexity index is 1220. The van der Waals surface area contributed by atoms with Crippen LogP contribution in [0, 0.1) is 0 Å². The van der Waals surface area contributed by atoms with Crippen LogP contribution in [-0.4, -0.2) is 81.9 Å². The van der Waals surface area contributed by atoms with Gasteiger partial charge in [-0.1, -0.05) is 12.1 Å². The van der Waals surface area contributed by atoms with Crippen molar-refractivity contribution in [2.75, 3.05) is 44.2 Å². The summed E-state index contributed by atoms with van der Waals surface area (Å²) in [6.07, 6.45) is 4.89. The molecule has 5 rings (SSSR count). The number of anilines is 1. The van der Waals surface area contributed by atoms with Crippen LogP contribution >= 0.6 is 11.3 Å². The van der Waals surface area contributed by atoms with E-state index in [4.69, 9.17) is 0 Å². The van der Waals surface area contributed by atoms with E-state index in [1.807, 2.05) is 28.0 Å². The third kappa shape index (κ3) is 5.85. The first kappa shape index (κ1) is 24.6. The number of thiazole rings is 1. The number of hydrogen-bond acceptors (Lipinski definition) is 8. The van der Waals surface area contributed by atoms with E-state index in [0.717, 1.165) is 36.8 Å². The molecule has 2 N–H and O–H groups in total. The predicted molar refractivity (Wildman–Crippen MR) is 138 cm³/mol. The van der Waals surface area contributed by atoms with E-state index in [9.17, 15) is 14.4 Å². The Hall–Kier alpha value is -4.06. The number of likely N-dealkylation sites (tertiary alicyclic amines) is 1. The summed E-state index contributed by atoms with van der Waals surface area (Å²) in [7, 11) is 0. The monoisotopic (exact) mass is 520 g/mol. The van der Waals surface area contributed by atoms with Crippen LogP contribution in [0.1, 0.15) is 44.7 Å². The molecule has 0 bridgehead atoms. The zero-order chi connectivity index (χ0) is 25.6. The molecule has 0 aromatic carbocycles. The van der Waals surface area contributed by atoms with E-state index in [1.165, 1.54) is 17.5 Å². The van der Waals surface area contributed by atoms with Crippen molar-refractivity contribution in [1.82, 2.24) is 35.6 Å². The zero-order valence-corrected chi connectivity index (χ0v) is 21.1. The number of pyridine rings is 2. The van der Waals surface area contributed by atoms with Crippen molar-refractivity contribution in [1.29, 1.82) is 0 Å². The minimum atomic E-state index is -0.500. The van der Waals surface area contributed by atoms with Gasteiger partial charge in [-0.25, -0.2) is 14.8 Å². The molecule has 0 atom stereocenters. The van der Waals surface area contributed by atoms with Gasteiger partial charge in [0.25, 0.3) is 11.8 Å². The van der Waals surface area contributed by atoms with Crippen molar-refractivity contribution in [2.45, 2.75) is 18.8 Å². The normalized spacial score (nSPS) is 16.4. The number of piperidine rings is 1. The van der Waals surface area contributed by atoms with Gasteiger partial charge >= 0.3 is 6.03 Å². The van der Waals surface area contributed by atoms with E-state index in [1.54, 1.807) is 29.8 Å². The number of amides is 4. The summed E-state index contributed by atoms with van der Waals surface area (Å²) in [6.45, 7) is 4.21. The van der Waals surface area contributed by atoms with Crippen molar-refractivity contribution < 1.29 is 14.4 Å². The number of carbonyl (C=O) groups excluding carboxylic acids is 3. The second-order valence-electron chi connectivity index (χ2n) is 8.90. The molecule has 4 amide bonds. The Kier molecular flexibility index (Phi) is 7.54. The molecule has 2 aliphatic heterocycles. The van der Waals surface area contributed by atoms with Crippen LogP contribution in [0.2, 0.25) is 0 Å². The van der Waals surface area contributed by atoms with Crippen LogP contribution < -0.4 is 15.8 Å². The van der Waals surface area contributed by atoms with Crippen LogP contribution in [0.3, 0.4) is 0 Å². The van der Waals surface area contributed by atoms with Crippen molar-refractivity contribution in [3.8, 4) is 0 Å². The van der Waals surface area contributed by atoms with Gasteiger partial charge in [0.05, 0.1) is 5.01 Å².